The zero-order valence-electron chi connectivity index (χ0n) is 14.4. The standard InChI is InChI=1S/C15H20FNO.C4H4O4/c16-12-5-3-4-11(10-12)14(18)13-6-9-15(17-13)7-1-2-8-15;5-3(6)1-2-4(7)8/h3-5,10,13-14,17-18H,1-2,6-9H2;1-2H,(H,5,6)(H,7,8)/b;2-1-/t13-,14?;/m1./s1. The summed E-state index contributed by atoms with van der Waals surface area (Å²) < 4.78 is 13.2. The fraction of sp³-hybridized carbons (Fsp3) is 0.474. The van der Waals surface area contributed by atoms with Gasteiger partial charge >= 0.3 is 11.9 Å². The monoisotopic (exact) mass is 365 g/mol. The van der Waals surface area contributed by atoms with Crippen molar-refractivity contribution in [2.45, 2.75) is 56.2 Å². The van der Waals surface area contributed by atoms with Gasteiger partial charge in [-0.25, -0.2) is 14.0 Å². The molecule has 6 nitrogen and oxygen atoms in total. The van der Waals surface area contributed by atoms with Crippen LogP contribution in [0.25, 0.3) is 0 Å². The van der Waals surface area contributed by atoms with Crippen molar-refractivity contribution >= 4 is 11.9 Å². The van der Waals surface area contributed by atoms with Gasteiger partial charge in [-0.15, -0.1) is 0 Å². The zero-order chi connectivity index (χ0) is 19.2. The number of benzene rings is 1. The summed E-state index contributed by atoms with van der Waals surface area (Å²) in [7, 11) is 0. The van der Waals surface area contributed by atoms with Crippen molar-refractivity contribution in [1.29, 1.82) is 0 Å². The maximum absolute atomic E-state index is 13.2. The Morgan fingerprint density at radius 3 is 2.31 bits per heavy atom. The van der Waals surface area contributed by atoms with Crippen LogP contribution in [0.2, 0.25) is 0 Å². The highest BCUT2D eigenvalue weighted by atomic mass is 19.1. The molecule has 2 aliphatic rings. The number of nitrogens with one attached hydrogen (secondary N) is 1. The quantitative estimate of drug-likeness (QED) is 0.611. The molecule has 1 saturated heterocycles. The van der Waals surface area contributed by atoms with Gasteiger partial charge in [-0.3, -0.25) is 0 Å². The number of carboxylic acid groups (broad SMARTS) is 2. The Morgan fingerprint density at radius 2 is 1.77 bits per heavy atom. The van der Waals surface area contributed by atoms with Crippen LogP contribution < -0.4 is 5.32 Å². The van der Waals surface area contributed by atoms with E-state index in [-0.39, 0.29) is 17.4 Å². The van der Waals surface area contributed by atoms with E-state index in [4.69, 9.17) is 10.2 Å². The van der Waals surface area contributed by atoms with Crippen molar-refractivity contribution in [3.8, 4) is 0 Å². The summed E-state index contributed by atoms with van der Waals surface area (Å²) in [6, 6.07) is 6.39. The van der Waals surface area contributed by atoms with E-state index in [0.29, 0.717) is 17.7 Å². The minimum absolute atomic E-state index is 0.0740. The summed E-state index contributed by atoms with van der Waals surface area (Å²) in [6.07, 6.45) is 7.66. The number of aliphatic hydroxyl groups excluding tert-OH is 1. The lowest BCUT2D eigenvalue weighted by atomic mass is 9.96. The van der Waals surface area contributed by atoms with Gasteiger partial charge in [0, 0.05) is 23.7 Å². The number of hydrogen-bond acceptors (Lipinski definition) is 4. The smallest absolute Gasteiger partial charge is 0.328 e. The number of carbonyl (C=O) groups is 2. The summed E-state index contributed by atoms with van der Waals surface area (Å²) >= 11 is 0. The van der Waals surface area contributed by atoms with Crippen LogP contribution >= 0.6 is 0 Å². The lowest BCUT2D eigenvalue weighted by molar-refractivity contribution is -0.134. The molecule has 0 aromatic heterocycles. The Kier molecular flexibility index (Phi) is 6.88. The van der Waals surface area contributed by atoms with Crippen LogP contribution in [-0.2, 0) is 9.59 Å². The van der Waals surface area contributed by atoms with E-state index in [9.17, 15) is 19.1 Å². The number of hydrogen-bond donors (Lipinski definition) is 4. The Morgan fingerprint density at radius 1 is 1.15 bits per heavy atom. The number of rotatable bonds is 4. The Labute approximate surface area is 151 Å². The molecular formula is C19H24FNO5. The van der Waals surface area contributed by atoms with Crippen molar-refractivity contribution in [3.63, 3.8) is 0 Å². The van der Waals surface area contributed by atoms with Crippen molar-refractivity contribution in [1.82, 2.24) is 5.32 Å². The summed E-state index contributed by atoms with van der Waals surface area (Å²) in [5, 5.41) is 29.6. The van der Waals surface area contributed by atoms with E-state index >= 15 is 0 Å². The minimum atomic E-state index is -1.26. The highest BCUT2D eigenvalue weighted by Gasteiger charge is 2.42. The molecule has 142 valence electrons. The first-order valence-corrected chi connectivity index (χ1v) is 8.66. The van der Waals surface area contributed by atoms with E-state index in [0.717, 1.165) is 12.8 Å². The maximum atomic E-state index is 13.2. The average Bonchev–Trinajstić information content (AvgIpc) is 3.23. The fourth-order valence-corrected chi connectivity index (χ4v) is 3.72. The largest absolute Gasteiger partial charge is 0.478 e. The molecule has 1 spiro atoms. The molecule has 0 amide bonds. The van der Waals surface area contributed by atoms with Gasteiger partial charge in [-0.1, -0.05) is 25.0 Å². The average molecular weight is 365 g/mol. The second-order valence-corrected chi connectivity index (χ2v) is 6.79. The van der Waals surface area contributed by atoms with Gasteiger partial charge in [0.1, 0.15) is 5.82 Å². The molecule has 0 bridgehead atoms. The van der Waals surface area contributed by atoms with Crippen LogP contribution in [0.5, 0.6) is 0 Å². The molecule has 1 aliphatic carbocycles. The van der Waals surface area contributed by atoms with Crippen molar-refractivity contribution in [3.05, 3.63) is 47.8 Å². The highest BCUT2D eigenvalue weighted by molar-refractivity contribution is 5.89. The highest BCUT2D eigenvalue weighted by Crippen LogP contribution is 2.41. The molecule has 1 aliphatic heterocycles. The molecule has 1 saturated carbocycles. The van der Waals surface area contributed by atoms with Crippen molar-refractivity contribution < 1.29 is 29.3 Å². The maximum Gasteiger partial charge on any atom is 0.328 e. The molecule has 0 radical (unpaired) electrons. The van der Waals surface area contributed by atoms with Gasteiger partial charge in [-0.05, 0) is 43.4 Å². The van der Waals surface area contributed by atoms with E-state index < -0.39 is 18.0 Å². The van der Waals surface area contributed by atoms with Gasteiger partial charge in [0.05, 0.1) is 6.10 Å². The van der Waals surface area contributed by atoms with Crippen molar-refractivity contribution in [2.24, 2.45) is 0 Å². The van der Waals surface area contributed by atoms with Crippen LogP contribution in [0, 0.1) is 5.82 Å². The lowest BCUT2D eigenvalue weighted by Gasteiger charge is -2.27. The predicted molar refractivity (Wildman–Crippen MR) is 93.1 cm³/mol. The van der Waals surface area contributed by atoms with Gasteiger partial charge < -0.3 is 20.6 Å². The first-order valence-electron chi connectivity index (χ1n) is 8.66. The third kappa shape index (κ3) is 5.64. The van der Waals surface area contributed by atoms with Crippen LogP contribution in [-0.4, -0.2) is 38.8 Å². The normalized spacial score (nSPS) is 22.2. The molecule has 1 aromatic rings. The molecule has 1 heterocycles. The number of aliphatic carboxylic acids is 2. The predicted octanol–water partition coefficient (Wildman–Crippen LogP) is 2.64. The Hall–Kier alpha value is -2.25. The second-order valence-electron chi connectivity index (χ2n) is 6.79. The molecule has 1 aromatic carbocycles. The van der Waals surface area contributed by atoms with E-state index in [1.165, 1.54) is 37.8 Å². The van der Waals surface area contributed by atoms with Crippen LogP contribution in [0.3, 0.4) is 0 Å². The van der Waals surface area contributed by atoms with E-state index in [2.05, 4.69) is 5.32 Å². The lowest BCUT2D eigenvalue weighted by Crippen LogP contribution is -2.42. The first-order chi connectivity index (χ1) is 12.3. The number of aliphatic hydroxyl groups is 1. The van der Waals surface area contributed by atoms with E-state index in [1.54, 1.807) is 12.1 Å². The van der Waals surface area contributed by atoms with Crippen LogP contribution in [0.4, 0.5) is 4.39 Å². The zero-order valence-corrected chi connectivity index (χ0v) is 14.4. The molecule has 7 heteroatoms. The first kappa shape index (κ1) is 20.1. The number of halogens is 1. The molecule has 26 heavy (non-hydrogen) atoms. The molecule has 2 atom stereocenters. The van der Waals surface area contributed by atoms with E-state index in [1.807, 2.05) is 0 Å². The molecular weight excluding hydrogens is 341 g/mol. The topological polar surface area (TPSA) is 107 Å². The molecule has 2 fully saturated rings. The third-order valence-electron chi connectivity index (χ3n) is 4.93. The van der Waals surface area contributed by atoms with Crippen LogP contribution in [0.1, 0.15) is 50.2 Å². The molecule has 4 N–H and O–H groups in total. The Bertz CT molecular complexity index is 654. The third-order valence-corrected chi connectivity index (χ3v) is 4.93. The van der Waals surface area contributed by atoms with Crippen molar-refractivity contribution in [2.75, 3.05) is 0 Å². The van der Waals surface area contributed by atoms with Gasteiger partial charge in [-0.2, -0.15) is 0 Å². The number of carboxylic acids is 2. The van der Waals surface area contributed by atoms with Crippen LogP contribution in [0.15, 0.2) is 36.4 Å². The van der Waals surface area contributed by atoms with Gasteiger partial charge in [0.15, 0.2) is 0 Å². The van der Waals surface area contributed by atoms with Gasteiger partial charge in [0.2, 0.25) is 0 Å². The summed E-state index contributed by atoms with van der Waals surface area (Å²) in [6.45, 7) is 0. The molecule has 3 rings (SSSR count). The summed E-state index contributed by atoms with van der Waals surface area (Å²) in [4.78, 5) is 19.1. The summed E-state index contributed by atoms with van der Waals surface area (Å²) in [5.74, 6) is -2.79. The van der Waals surface area contributed by atoms with Gasteiger partial charge in [0.25, 0.3) is 0 Å². The Balaban J connectivity index is 0.000000260. The SMILES string of the molecule is O=C(O)/C=C\C(=O)O.OC(c1cccc(F)c1)[C@H]1CCC2(CCCC2)N1. The fourth-order valence-electron chi connectivity index (χ4n) is 3.72. The second kappa shape index (κ2) is 8.91. The summed E-state index contributed by atoms with van der Waals surface area (Å²) in [5.41, 5.74) is 0.946. The minimum Gasteiger partial charge on any atom is -0.478 e. The molecule has 1 unspecified atom stereocenters.